The number of carbonyl (C=O) groups excluding carboxylic acids is 1. The molecule has 0 saturated heterocycles. The maximum atomic E-state index is 13.0. The summed E-state index contributed by atoms with van der Waals surface area (Å²) in [5.41, 5.74) is 2.36. The second-order valence-electron chi connectivity index (χ2n) is 5.78. The Kier molecular flexibility index (Phi) is 3.76. The first-order valence-electron chi connectivity index (χ1n) is 7.63. The maximum Gasteiger partial charge on any atom is 0.171 e. The van der Waals surface area contributed by atoms with E-state index in [9.17, 15) is 4.79 Å². The van der Waals surface area contributed by atoms with Gasteiger partial charge in [0, 0.05) is 17.1 Å². The lowest BCUT2D eigenvalue weighted by atomic mass is 9.90. The molecule has 1 unspecified atom stereocenters. The predicted octanol–water partition coefficient (Wildman–Crippen LogP) is 3.77. The summed E-state index contributed by atoms with van der Waals surface area (Å²) in [7, 11) is 1.63. The normalized spacial score (nSPS) is 16.5. The largest absolute Gasteiger partial charge is 0.497 e. The molecule has 2 aromatic heterocycles. The molecule has 0 bridgehead atoms. The number of H-pyrrole nitrogens is 1. The smallest absolute Gasteiger partial charge is 0.171 e. The monoisotopic (exact) mass is 386 g/mol. The van der Waals surface area contributed by atoms with Crippen molar-refractivity contribution in [3.63, 3.8) is 0 Å². The highest BCUT2D eigenvalue weighted by molar-refractivity contribution is 9.10. The van der Waals surface area contributed by atoms with Crippen molar-refractivity contribution in [2.24, 2.45) is 5.92 Å². The van der Waals surface area contributed by atoms with E-state index >= 15 is 0 Å². The molecular weight excluding hydrogens is 372 g/mol. The summed E-state index contributed by atoms with van der Waals surface area (Å²) >= 11 is 3.34. The summed E-state index contributed by atoms with van der Waals surface area (Å²) < 4.78 is 11.8. The quantitative estimate of drug-likeness (QED) is 0.549. The number of carbonyl (C=O) groups is 1. The Hall–Kier alpha value is -2.34. The van der Waals surface area contributed by atoms with Crippen LogP contribution < -0.4 is 9.47 Å². The fourth-order valence-electron chi connectivity index (χ4n) is 3.07. The lowest BCUT2D eigenvalue weighted by molar-refractivity contribution is 0.0856. The number of Topliss-reactive ketones (excluding diaryl/α,β-unsaturated/α-hetero) is 1. The number of rotatable bonds is 3. The molecule has 3 heterocycles. The molecule has 1 N–H and O–H groups in total. The number of aromatic nitrogens is 2. The number of nitrogens with zero attached hydrogens (tertiary/aromatic N) is 1. The first-order chi connectivity index (χ1) is 11.7. The van der Waals surface area contributed by atoms with Gasteiger partial charge in [0.25, 0.3) is 0 Å². The van der Waals surface area contributed by atoms with Crippen molar-refractivity contribution in [1.82, 2.24) is 9.97 Å². The molecule has 0 amide bonds. The molecule has 1 atom stereocenters. The van der Waals surface area contributed by atoms with Crippen LogP contribution in [0.3, 0.4) is 0 Å². The molecule has 6 heteroatoms. The van der Waals surface area contributed by atoms with E-state index in [4.69, 9.17) is 9.47 Å². The van der Waals surface area contributed by atoms with Gasteiger partial charge in [-0.05, 0) is 58.2 Å². The standard InChI is InChI=1S/C18H15BrN2O3/c1-23-12-2-4-15-10(7-12)6-11(9-24-15)17(22)14-8-20-18-13(14)3-5-16(19)21-18/h2-5,7-8,11H,6,9H2,1H3,(H,20,21). The first-order valence-corrected chi connectivity index (χ1v) is 8.42. The average molecular weight is 387 g/mol. The second-order valence-corrected chi connectivity index (χ2v) is 6.59. The van der Waals surface area contributed by atoms with E-state index in [1.165, 1.54) is 0 Å². The molecule has 1 aliphatic rings. The Morgan fingerprint density at radius 1 is 1.38 bits per heavy atom. The molecule has 1 aromatic carbocycles. The van der Waals surface area contributed by atoms with Crippen LogP contribution >= 0.6 is 15.9 Å². The van der Waals surface area contributed by atoms with E-state index < -0.39 is 0 Å². The number of pyridine rings is 1. The molecule has 0 radical (unpaired) electrons. The molecule has 3 aromatic rings. The number of halogens is 1. The van der Waals surface area contributed by atoms with Crippen LogP contribution in [-0.2, 0) is 6.42 Å². The van der Waals surface area contributed by atoms with E-state index in [1.807, 2.05) is 30.3 Å². The van der Waals surface area contributed by atoms with Crippen LogP contribution in [0.2, 0.25) is 0 Å². The fourth-order valence-corrected chi connectivity index (χ4v) is 3.38. The second kappa shape index (κ2) is 5.94. The van der Waals surface area contributed by atoms with Crippen LogP contribution in [0.4, 0.5) is 0 Å². The zero-order valence-corrected chi connectivity index (χ0v) is 14.6. The maximum absolute atomic E-state index is 13.0. The van der Waals surface area contributed by atoms with Gasteiger partial charge in [0.15, 0.2) is 5.78 Å². The summed E-state index contributed by atoms with van der Waals surface area (Å²) in [4.78, 5) is 20.4. The highest BCUT2D eigenvalue weighted by atomic mass is 79.9. The number of ether oxygens (including phenoxy) is 2. The number of hydrogen-bond donors (Lipinski definition) is 1. The molecular formula is C18H15BrN2O3. The van der Waals surface area contributed by atoms with Crippen molar-refractivity contribution in [3.8, 4) is 11.5 Å². The van der Waals surface area contributed by atoms with Gasteiger partial charge in [0.1, 0.15) is 21.7 Å². The SMILES string of the molecule is COc1ccc2c(c1)CC(C(=O)c1c[nH]c3nc(Br)ccc13)CO2. The van der Waals surface area contributed by atoms with Gasteiger partial charge >= 0.3 is 0 Å². The minimum atomic E-state index is -0.216. The van der Waals surface area contributed by atoms with Gasteiger partial charge < -0.3 is 14.5 Å². The first kappa shape index (κ1) is 15.2. The van der Waals surface area contributed by atoms with E-state index in [-0.39, 0.29) is 11.7 Å². The zero-order chi connectivity index (χ0) is 16.7. The number of methoxy groups -OCH3 is 1. The Morgan fingerprint density at radius 2 is 2.25 bits per heavy atom. The molecule has 0 fully saturated rings. The third-order valence-electron chi connectivity index (χ3n) is 4.31. The van der Waals surface area contributed by atoms with Crippen LogP contribution in [-0.4, -0.2) is 29.5 Å². The van der Waals surface area contributed by atoms with Gasteiger partial charge in [0.05, 0.1) is 19.6 Å². The van der Waals surface area contributed by atoms with Gasteiger partial charge in [-0.25, -0.2) is 4.98 Å². The highest BCUT2D eigenvalue weighted by Crippen LogP contribution is 2.32. The Morgan fingerprint density at radius 3 is 3.08 bits per heavy atom. The number of ketones is 1. The number of benzene rings is 1. The van der Waals surface area contributed by atoms with Crippen LogP contribution in [0.25, 0.3) is 11.0 Å². The van der Waals surface area contributed by atoms with E-state index in [0.717, 1.165) is 27.1 Å². The van der Waals surface area contributed by atoms with Gasteiger partial charge in [-0.3, -0.25) is 4.79 Å². The Balaban J connectivity index is 1.65. The zero-order valence-electron chi connectivity index (χ0n) is 13.0. The van der Waals surface area contributed by atoms with Gasteiger partial charge in [-0.15, -0.1) is 0 Å². The Bertz CT molecular complexity index is 935. The van der Waals surface area contributed by atoms with Gasteiger partial charge in [0.2, 0.25) is 0 Å². The molecule has 0 spiro atoms. The highest BCUT2D eigenvalue weighted by Gasteiger charge is 2.28. The third-order valence-corrected chi connectivity index (χ3v) is 4.76. The molecule has 4 rings (SSSR count). The lowest BCUT2D eigenvalue weighted by Crippen LogP contribution is -2.28. The van der Waals surface area contributed by atoms with Crippen LogP contribution in [0.15, 0.2) is 41.1 Å². The van der Waals surface area contributed by atoms with Crippen molar-refractivity contribution in [3.05, 3.63) is 52.3 Å². The van der Waals surface area contributed by atoms with Crippen LogP contribution in [0.5, 0.6) is 11.5 Å². The number of nitrogens with one attached hydrogen (secondary N) is 1. The average Bonchev–Trinajstić information content (AvgIpc) is 3.03. The molecule has 0 aliphatic carbocycles. The number of fused-ring (bicyclic) bond motifs is 2. The van der Waals surface area contributed by atoms with Crippen LogP contribution in [0.1, 0.15) is 15.9 Å². The van der Waals surface area contributed by atoms with Gasteiger partial charge in [-0.1, -0.05) is 0 Å². The summed E-state index contributed by atoms with van der Waals surface area (Å²) in [6.07, 6.45) is 2.37. The van der Waals surface area contributed by atoms with Crippen molar-refractivity contribution in [2.75, 3.05) is 13.7 Å². The molecule has 122 valence electrons. The summed E-state index contributed by atoms with van der Waals surface area (Å²) in [5, 5.41) is 0.833. The Labute approximate surface area is 147 Å². The summed E-state index contributed by atoms with van der Waals surface area (Å²) in [5.74, 6) is 1.45. The third kappa shape index (κ3) is 2.57. The summed E-state index contributed by atoms with van der Waals surface area (Å²) in [6.45, 7) is 0.384. The van der Waals surface area contributed by atoms with Crippen LogP contribution in [0, 0.1) is 5.92 Å². The minimum Gasteiger partial charge on any atom is -0.497 e. The van der Waals surface area contributed by atoms with Gasteiger partial charge in [-0.2, -0.15) is 0 Å². The van der Waals surface area contributed by atoms with Crippen molar-refractivity contribution in [2.45, 2.75) is 6.42 Å². The van der Waals surface area contributed by atoms with Crippen molar-refractivity contribution >= 4 is 32.7 Å². The van der Waals surface area contributed by atoms with E-state index in [0.29, 0.717) is 24.2 Å². The van der Waals surface area contributed by atoms with E-state index in [2.05, 4.69) is 25.9 Å². The van der Waals surface area contributed by atoms with Crippen molar-refractivity contribution in [1.29, 1.82) is 0 Å². The number of aromatic amines is 1. The number of hydrogen-bond acceptors (Lipinski definition) is 4. The minimum absolute atomic E-state index is 0.0684. The summed E-state index contributed by atoms with van der Waals surface area (Å²) in [6, 6.07) is 9.43. The lowest BCUT2D eigenvalue weighted by Gasteiger charge is -2.24. The molecule has 0 saturated carbocycles. The predicted molar refractivity (Wildman–Crippen MR) is 93.8 cm³/mol. The van der Waals surface area contributed by atoms with E-state index in [1.54, 1.807) is 13.3 Å². The topological polar surface area (TPSA) is 64.2 Å². The molecule has 1 aliphatic heterocycles. The molecule has 5 nitrogen and oxygen atoms in total. The molecule has 24 heavy (non-hydrogen) atoms. The van der Waals surface area contributed by atoms with Crippen molar-refractivity contribution < 1.29 is 14.3 Å². The fraction of sp³-hybridized carbons (Fsp3) is 0.222.